The maximum absolute atomic E-state index is 12.9. The van der Waals surface area contributed by atoms with Gasteiger partial charge >= 0.3 is 17.9 Å². The molecule has 0 saturated carbocycles. The highest BCUT2D eigenvalue weighted by molar-refractivity contribution is 5.71. The third-order valence-corrected chi connectivity index (χ3v) is 12.0. The second kappa shape index (κ2) is 61.6. The van der Waals surface area contributed by atoms with E-state index in [9.17, 15) is 14.4 Å². The summed E-state index contributed by atoms with van der Waals surface area (Å²) in [5, 5.41) is 0. The first kappa shape index (κ1) is 70.0. The molecule has 75 heavy (non-hydrogen) atoms. The highest BCUT2D eigenvalue weighted by atomic mass is 16.6. The highest BCUT2D eigenvalue weighted by Crippen LogP contribution is 2.12. The topological polar surface area (TPSA) is 78.9 Å². The van der Waals surface area contributed by atoms with Crippen LogP contribution in [-0.4, -0.2) is 37.2 Å². The van der Waals surface area contributed by atoms with E-state index in [1.54, 1.807) is 0 Å². The molecule has 0 aliphatic carbocycles. The summed E-state index contributed by atoms with van der Waals surface area (Å²) in [5.74, 6) is -1.02. The third kappa shape index (κ3) is 59.8. The number of rotatable bonds is 52. The van der Waals surface area contributed by atoms with Crippen molar-refractivity contribution in [3.05, 3.63) is 158 Å². The van der Waals surface area contributed by atoms with E-state index in [1.807, 2.05) is 0 Å². The van der Waals surface area contributed by atoms with Crippen LogP contribution in [0.15, 0.2) is 158 Å². The van der Waals surface area contributed by atoms with E-state index in [2.05, 4.69) is 179 Å². The summed E-state index contributed by atoms with van der Waals surface area (Å²) in [6.07, 6.45) is 89.4. The molecule has 0 fully saturated rings. The van der Waals surface area contributed by atoms with Crippen molar-refractivity contribution in [2.24, 2.45) is 0 Å². The predicted molar refractivity (Wildman–Crippen MR) is 325 cm³/mol. The van der Waals surface area contributed by atoms with E-state index in [0.717, 1.165) is 141 Å². The molecule has 0 unspecified atom stereocenters. The molecule has 0 radical (unpaired) electrons. The number of hydrogen-bond donors (Lipinski definition) is 0. The van der Waals surface area contributed by atoms with Gasteiger partial charge < -0.3 is 14.2 Å². The molecule has 0 spiro atoms. The van der Waals surface area contributed by atoms with Gasteiger partial charge in [0.05, 0.1) is 0 Å². The van der Waals surface area contributed by atoms with Crippen molar-refractivity contribution in [1.29, 1.82) is 0 Å². The fourth-order valence-corrected chi connectivity index (χ4v) is 7.49. The van der Waals surface area contributed by atoms with Gasteiger partial charge in [0.15, 0.2) is 6.10 Å². The maximum atomic E-state index is 12.9. The van der Waals surface area contributed by atoms with Crippen molar-refractivity contribution in [2.45, 2.75) is 245 Å². The minimum absolute atomic E-state index is 0.126. The number of allylic oxidation sites excluding steroid dienone is 26. The quantitative estimate of drug-likeness (QED) is 0.0261. The average molecular weight is 1030 g/mol. The number of hydrogen-bond acceptors (Lipinski definition) is 6. The van der Waals surface area contributed by atoms with Gasteiger partial charge in [-0.1, -0.05) is 224 Å². The zero-order valence-electron chi connectivity index (χ0n) is 48.0. The van der Waals surface area contributed by atoms with Gasteiger partial charge in [-0.2, -0.15) is 0 Å². The average Bonchev–Trinajstić information content (AvgIpc) is 3.41. The number of carbonyl (C=O) groups is 3. The summed E-state index contributed by atoms with van der Waals surface area (Å²) in [5.41, 5.74) is 0. The van der Waals surface area contributed by atoms with Gasteiger partial charge in [0.25, 0.3) is 0 Å². The smallest absolute Gasteiger partial charge is 0.306 e. The van der Waals surface area contributed by atoms with Crippen LogP contribution in [0.2, 0.25) is 0 Å². The summed E-state index contributed by atoms with van der Waals surface area (Å²) in [6.45, 7) is 6.37. The van der Waals surface area contributed by atoms with Gasteiger partial charge in [-0.05, 0) is 154 Å². The summed E-state index contributed by atoms with van der Waals surface area (Å²) < 4.78 is 16.8. The number of ether oxygens (including phenoxy) is 3. The normalized spacial score (nSPS) is 13.3. The molecule has 420 valence electrons. The fraction of sp³-hybridized carbons (Fsp3) is 0.580. The Labute approximate surface area is 460 Å². The Morgan fingerprint density at radius 3 is 0.787 bits per heavy atom. The maximum Gasteiger partial charge on any atom is 0.306 e. The van der Waals surface area contributed by atoms with Gasteiger partial charge in [0.2, 0.25) is 0 Å². The molecule has 1 atom stereocenters. The number of unbranched alkanes of at least 4 members (excludes halogenated alkanes) is 15. The van der Waals surface area contributed by atoms with Crippen molar-refractivity contribution in [2.75, 3.05) is 13.2 Å². The Kier molecular flexibility index (Phi) is 57.5. The third-order valence-electron chi connectivity index (χ3n) is 12.0. The molecule has 0 bridgehead atoms. The second-order valence-corrected chi connectivity index (χ2v) is 19.2. The molecule has 0 rings (SSSR count). The highest BCUT2D eigenvalue weighted by Gasteiger charge is 2.19. The van der Waals surface area contributed by atoms with Gasteiger partial charge in [0, 0.05) is 19.3 Å². The molecule has 0 aromatic carbocycles. The minimum Gasteiger partial charge on any atom is -0.462 e. The van der Waals surface area contributed by atoms with Crippen LogP contribution in [0.25, 0.3) is 0 Å². The lowest BCUT2D eigenvalue weighted by Crippen LogP contribution is -2.30. The number of esters is 3. The van der Waals surface area contributed by atoms with Gasteiger partial charge in [-0.3, -0.25) is 14.4 Å². The Bertz CT molecular complexity index is 1710. The van der Waals surface area contributed by atoms with Crippen LogP contribution < -0.4 is 0 Å². The van der Waals surface area contributed by atoms with E-state index >= 15 is 0 Å². The van der Waals surface area contributed by atoms with Crippen LogP contribution >= 0.6 is 0 Å². The summed E-state index contributed by atoms with van der Waals surface area (Å²) >= 11 is 0. The van der Waals surface area contributed by atoms with Crippen LogP contribution in [0.3, 0.4) is 0 Å². The Balaban J connectivity index is 4.61. The van der Waals surface area contributed by atoms with E-state index < -0.39 is 6.10 Å². The molecule has 0 aromatic heterocycles. The summed E-state index contributed by atoms with van der Waals surface area (Å²) in [7, 11) is 0. The molecule has 0 aromatic rings. The van der Waals surface area contributed by atoms with Crippen molar-refractivity contribution >= 4 is 17.9 Å². The first-order valence-electron chi connectivity index (χ1n) is 30.0. The zero-order valence-corrected chi connectivity index (χ0v) is 48.0. The Morgan fingerprint density at radius 1 is 0.280 bits per heavy atom. The molecule has 0 amide bonds. The molecule has 0 aliphatic heterocycles. The van der Waals surface area contributed by atoms with Gasteiger partial charge in [0.1, 0.15) is 13.2 Å². The van der Waals surface area contributed by atoms with Crippen LogP contribution in [0, 0.1) is 0 Å². The van der Waals surface area contributed by atoms with Crippen molar-refractivity contribution in [3.63, 3.8) is 0 Å². The Morgan fingerprint density at radius 2 is 0.520 bits per heavy atom. The summed E-state index contributed by atoms with van der Waals surface area (Å²) in [4.78, 5) is 38.3. The van der Waals surface area contributed by atoms with Crippen LogP contribution in [0.5, 0.6) is 0 Å². The standard InChI is InChI=1S/C69H108O6/c1-4-7-10-13-16-19-22-25-28-31-34-37-40-43-46-49-52-55-58-61-67(70)73-64-66(75-69(72)63-60-57-54-51-48-45-42-39-36-33-30-27-24-21-18-15-12-9-6-3)65-74-68(71)62-59-56-53-50-47-44-41-38-35-32-29-26-23-20-17-14-11-8-5-2/h7,10,16-21,25-30,34-39,43-48,66H,4-6,8-9,11-15,22-24,31-33,40-42,49-65H2,1-3H3/b10-7+,19-16+,20-17+,21-18+,28-25+,29-26+,30-27+,37-34+,38-35+,39-36+,46-43+,47-44+,48-45+/t66-/m0/s1. The second-order valence-electron chi connectivity index (χ2n) is 19.2. The molecule has 0 N–H and O–H groups in total. The number of carbonyl (C=O) groups excluding carboxylic acids is 3. The monoisotopic (exact) mass is 1030 g/mol. The molecule has 0 heterocycles. The van der Waals surface area contributed by atoms with Crippen LogP contribution in [0.4, 0.5) is 0 Å². The van der Waals surface area contributed by atoms with E-state index in [1.165, 1.54) is 51.4 Å². The molecular weight excluding hydrogens is 925 g/mol. The summed E-state index contributed by atoms with van der Waals surface area (Å²) in [6, 6.07) is 0. The van der Waals surface area contributed by atoms with Gasteiger partial charge in [-0.25, -0.2) is 0 Å². The van der Waals surface area contributed by atoms with Crippen LogP contribution in [-0.2, 0) is 28.6 Å². The lowest BCUT2D eigenvalue weighted by molar-refractivity contribution is -0.167. The van der Waals surface area contributed by atoms with E-state index in [4.69, 9.17) is 14.2 Å². The molecule has 0 saturated heterocycles. The van der Waals surface area contributed by atoms with E-state index in [0.29, 0.717) is 19.3 Å². The van der Waals surface area contributed by atoms with Crippen molar-refractivity contribution in [3.8, 4) is 0 Å². The fourth-order valence-electron chi connectivity index (χ4n) is 7.49. The van der Waals surface area contributed by atoms with E-state index in [-0.39, 0.29) is 37.5 Å². The largest absolute Gasteiger partial charge is 0.462 e. The van der Waals surface area contributed by atoms with Crippen molar-refractivity contribution < 1.29 is 28.6 Å². The molecular formula is C69H108O6. The SMILES string of the molecule is CC/C=C/C/C=C/C/C=C/C/C=C/C/C=C/CCCCCC(=O)OC[C@@H](COC(=O)CCCCC/C=C/C/C=C/C/C=C/C/C=C/CCCCC)OC(=O)CCCCC/C=C/C/C=C/C/C=C/C/C=C/CCCCC. The predicted octanol–water partition coefficient (Wildman–Crippen LogP) is 20.5. The lowest BCUT2D eigenvalue weighted by Gasteiger charge is -2.18. The lowest BCUT2D eigenvalue weighted by atomic mass is 10.1. The molecule has 6 nitrogen and oxygen atoms in total. The van der Waals surface area contributed by atoms with Crippen molar-refractivity contribution in [1.82, 2.24) is 0 Å². The minimum atomic E-state index is -0.832. The first-order chi connectivity index (χ1) is 37.0. The first-order valence-corrected chi connectivity index (χ1v) is 30.0. The van der Waals surface area contributed by atoms with Gasteiger partial charge in [-0.15, -0.1) is 0 Å². The molecule has 0 aliphatic rings. The zero-order chi connectivity index (χ0) is 54.3. The van der Waals surface area contributed by atoms with Crippen LogP contribution in [0.1, 0.15) is 239 Å². The Hall–Kier alpha value is -4.97. The molecule has 6 heteroatoms.